The number of hydrogen-bond donors (Lipinski definition) is 1. The van der Waals surface area contributed by atoms with Crippen molar-refractivity contribution < 1.29 is 0 Å². The Bertz CT molecular complexity index is 579. The van der Waals surface area contributed by atoms with Crippen LogP contribution in [0.15, 0.2) is 18.3 Å². The first-order valence-electron chi connectivity index (χ1n) is 7.82. The van der Waals surface area contributed by atoms with Crippen molar-refractivity contribution in [1.82, 2.24) is 14.5 Å². The first-order chi connectivity index (χ1) is 9.80. The Morgan fingerprint density at radius 3 is 2.65 bits per heavy atom. The number of hydrogen-bond acceptors (Lipinski definition) is 3. The smallest absolute Gasteiger partial charge is 0.159 e. The van der Waals surface area contributed by atoms with Gasteiger partial charge in [-0.2, -0.15) is 0 Å². The van der Waals surface area contributed by atoms with Gasteiger partial charge < -0.3 is 10.3 Å². The van der Waals surface area contributed by atoms with Crippen molar-refractivity contribution in [3.8, 4) is 0 Å². The van der Waals surface area contributed by atoms with E-state index in [-0.39, 0.29) is 5.41 Å². The van der Waals surface area contributed by atoms with Crippen LogP contribution >= 0.6 is 0 Å². The number of nitrogens with two attached hydrogens (primary N) is 1. The molecule has 3 rings (SSSR count). The molecule has 108 valence electrons. The van der Waals surface area contributed by atoms with E-state index in [2.05, 4.69) is 22.5 Å². The van der Waals surface area contributed by atoms with Crippen LogP contribution in [0.2, 0.25) is 0 Å². The Labute approximate surface area is 120 Å². The summed E-state index contributed by atoms with van der Waals surface area (Å²) in [6.45, 7) is 3.77. The molecule has 2 aromatic heterocycles. The fourth-order valence-electron chi connectivity index (χ4n) is 3.59. The van der Waals surface area contributed by atoms with Gasteiger partial charge >= 0.3 is 0 Å². The predicted molar refractivity (Wildman–Crippen MR) is 81.6 cm³/mol. The maximum Gasteiger partial charge on any atom is 0.159 e. The van der Waals surface area contributed by atoms with E-state index in [9.17, 15) is 0 Å². The molecule has 0 amide bonds. The lowest BCUT2D eigenvalue weighted by Gasteiger charge is -2.31. The van der Waals surface area contributed by atoms with E-state index in [1.165, 1.54) is 25.7 Å². The van der Waals surface area contributed by atoms with Crippen LogP contribution in [-0.4, -0.2) is 21.1 Å². The number of aryl methyl sites for hydroxylation is 1. The van der Waals surface area contributed by atoms with Gasteiger partial charge in [-0.25, -0.2) is 9.97 Å². The van der Waals surface area contributed by atoms with Gasteiger partial charge in [-0.15, -0.1) is 0 Å². The second-order valence-corrected chi connectivity index (χ2v) is 5.92. The van der Waals surface area contributed by atoms with Crippen molar-refractivity contribution >= 4 is 11.2 Å². The number of imidazole rings is 1. The Kier molecular flexibility index (Phi) is 3.74. The zero-order valence-electron chi connectivity index (χ0n) is 12.3. The molecule has 20 heavy (non-hydrogen) atoms. The minimum absolute atomic E-state index is 0.0488. The molecule has 0 radical (unpaired) electrons. The lowest BCUT2D eigenvalue weighted by molar-refractivity contribution is 0.347. The highest BCUT2D eigenvalue weighted by molar-refractivity contribution is 5.71. The summed E-state index contributed by atoms with van der Waals surface area (Å²) in [5.74, 6) is 1.16. The molecule has 2 N–H and O–H groups in total. The maximum atomic E-state index is 6.21. The van der Waals surface area contributed by atoms with Crippen LogP contribution in [0.1, 0.15) is 51.3 Å². The molecule has 0 saturated heterocycles. The van der Waals surface area contributed by atoms with E-state index < -0.39 is 0 Å². The third-order valence-electron chi connectivity index (χ3n) is 4.75. The van der Waals surface area contributed by atoms with Gasteiger partial charge in [-0.3, -0.25) is 0 Å². The fraction of sp³-hybridized carbons (Fsp3) is 0.625. The minimum Gasteiger partial charge on any atom is -0.329 e. The standard InChI is InChI=1S/C16H24N4/c1-2-20-14-13(8-7-11-18-14)19-15(20)16(12-17)9-5-3-4-6-10-16/h7-8,11H,2-6,9-10,12,17H2,1H3. The number of fused-ring (bicyclic) bond motifs is 1. The summed E-state index contributed by atoms with van der Waals surface area (Å²) in [6.07, 6.45) is 9.34. The number of nitrogens with zero attached hydrogens (tertiary/aromatic N) is 3. The van der Waals surface area contributed by atoms with Crippen molar-refractivity contribution in [2.45, 2.75) is 57.4 Å². The molecule has 4 nitrogen and oxygen atoms in total. The average Bonchev–Trinajstić information content (AvgIpc) is 2.70. The first kappa shape index (κ1) is 13.6. The summed E-state index contributed by atoms with van der Waals surface area (Å²) in [5, 5.41) is 0. The van der Waals surface area contributed by atoms with Crippen LogP contribution in [0.3, 0.4) is 0 Å². The van der Waals surface area contributed by atoms with E-state index in [0.29, 0.717) is 6.54 Å². The molecular formula is C16H24N4. The van der Waals surface area contributed by atoms with Crippen LogP contribution < -0.4 is 5.73 Å². The largest absolute Gasteiger partial charge is 0.329 e. The molecule has 0 unspecified atom stereocenters. The van der Waals surface area contributed by atoms with Gasteiger partial charge in [0, 0.05) is 24.7 Å². The molecule has 1 fully saturated rings. The average molecular weight is 272 g/mol. The molecule has 0 spiro atoms. The third kappa shape index (κ3) is 2.12. The van der Waals surface area contributed by atoms with Gasteiger partial charge in [-0.05, 0) is 31.9 Å². The Balaban J connectivity index is 2.15. The minimum atomic E-state index is 0.0488. The summed E-state index contributed by atoms with van der Waals surface area (Å²) < 4.78 is 2.27. The van der Waals surface area contributed by atoms with Crippen LogP contribution in [0.4, 0.5) is 0 Å². The Hall–Kier alpha value is -1.42. The van der Waals surface area contributed by atoms with E-state index in [1.807, 2.05) is 12.3 Å². The van der Waals surface area contributed by atoms with Crippen LogP contribution in [0, 0.1) is 0 Å². The lowest BCUT2D eigenvalue weighted by Crippen LogP contribution is -2.37. The predicted octanol–water partition coefficient (Wildman–Crippen LogP) is 3.00. The molecule has 0 atom stereocenters. The highest BCUT2D eigenvalue weighted by Gasteiger charge is 2.36. The summed E-state index contributed by atoms with van der Waals surface area (Å²) in [6, 6.07) is 4.01. The van der Waals surface area contributed by atoms with Crippen molar-refractivity contribution in [3.63, 3.8) is 0 Å². The fourth-order valence-corrected chi connectivity index (χ4v) is 3.59. The van der Waals surface area contributed by atoms with Crippen LogP contribution in [0.5, 0.6) is 0 Å². The maximum absolute atomic E-state index is 6.21. The third-order valence-corrected chi connectivity index (χ3v) is 4.75. The SMILES string of the molecule is CCn1c(C2(CN)CCCCCC2)nc2cccnc21. The summed E-state index contributed by atoms with van der Waals surface area (Å²) in [5.41, 5.74) is 8.26. The molecule has 1 saturated carbocycles. The van der Waals surface area contributed by atoms with Crippen LogP contribution in [0.25, 0.3) is 11.2 Å². The summed E-state index contributed by atoms with van der Waals surface area (Å²) in [7, 11) is 0. The monoisotopic (exact) mass is 272 g/mol. The summed E-state index contributed by atoms with van der Waals surface area (Å²) in [4.78, 5) is 9.43. The van der Waals surface area contributed by atoms with Crippen molar-refractivity contribution in [2.75, 3.05) is 6.54 Å². The van der Waals surface area contributed by atoms with Gasteiger partial charge in [0.1, 0.15) is 11.3 Å². The van der Waals surface area contributed by atoms with E-state index >= 15 is 0 Å². The molecular weight excluding hydrogens is 248 g/mol. The van der Waals surface area contributed by atoms with Gasteiger partial charge in [0.25, 0.3) is 0 Å². The summed E-state index contributed by atoms with van der Waals surface area (Å²) >= 11 is 0. The number of rotatable bonds is 3. The van der Waals surface area contributed by atoms with E-state index in [0.717, 1.165) is 36.4 Å². The van der Waals surface area contributed by atoms with E-state index in [4.69, 9.17) is 10.7 Å². The first-order valence-corrected chi connectivity index (χ1v) is 7.82. The second-order valence-electron chi connectivity index (χ2n) is 5.92. The van der Waals surface area contributed by atoms with Crippen molar-refractivity contribution in [2.24, 2.45) is 5.73 Å². The van der Waals surface area contributed by atoms with E-state index in [1.54, 1.807) is 0 Å². The van der Waals surface area contributed by atoms with Crippen molar-refractivity contribution in [3.05, 3.63) is 24.2 Å². The molecule has 0 bridgehead atoms. The second kappa shape index (κ2) is 5.52. The topological polar surface area (TPSA) is 56.7 Å². The molecule has 2 aromatic rings. The number of pyridine rings is 1. The molecule has 1 aliphatic carbocycles. The Morgan fingerprint density at radius 2 is 2.00 bits per heavy atom. The molecule has 0 aromatic carbocycles. The van der Waals surface area contributed by atoms with Gasteiger partial charge in [-0.1, -0.05) is 25.7 Å². The molecule has 1 aliphatic rings. The zero-order chi connectivity index (χ0) is 14.0. The molecule has 2 heterocycles. The highest BCUT2D eigenvalue weighted by Crippen LogP contribution is 2.38. The van der Waals surface area contributed by atoms with Gasteiger partial charge in [0.2, 0.25) is 0 Å². The van der Waals surface area contributed by atoms with Gasteiger partial charge in [0.15, 0.2) is 5.65 Å². The van der Waals surface area contributed by atoms with Crippen molar-refractivity contribution in [1.29, 1.82) is 0 Å². The van der Waals surface area contributed by atoms with Crippen LogP contribution in [-0.2, 0) is 12.0 Å². The zero-order valence-corrected chi connectivity index (χ0v) is 12.3. The normalized spacial score (nSPS) is 19.1. The molecule has 0 aliphatic heterocycles. The quantitative estimate of drug-likeness (QED) is 0.874. The van der Waals surface area contributed by atoms with Gasteiger partial charge in [0.05, 0.1) is 0 Å². The highest BCUT2D eigenvalue weighted by atomic mass is 15.1. The lowest BCUT2D eigenvalue weighted by atomic mass is 9.79. The Morgan fingerprint density at radius 1 is 1.25 bits per heavy atom. The molecule has 4 heteroatoms. The number of aromatic nitrogens is 3.